The maximum atomic E-state index is 5.45. The number of aromatic nitrogens is 1. The molecule has 9 heavy (non-hydrogen) atoms. The van der Waals surface area contributed by atoms with E-state index in [4.69, 9.17) is 11.6 Å². The van der Waals surface area contributed by atoms with E-state index >= 15 is 0 Å². The van der Waals surface area contributed by atoms with Crippen LogP contribution >= 0.6 is 25.2 Å². The normalized spacial score (nSPS) is 7.56. The van der Waals surface area contributed by atoms with Crippen LogP contribution in [0.2, 0.25) is 5.02 Å². The van der Waals surface area contributed by atoms with Crippen LogP contribution in [0.3, 0.4) is 0 Å². The molecular weight excluding hydrogens is 255 g/mol. The fourth-order valence-corrected chi connectivity index (χ4v) is 0.425. The van der Waals surface area contributed by atoms with Gasteiger partial charge >= 0.3 is 30.0 Å². The van der Waals surface area contributed by atoms with Gasteiger partial charge in [0.25, 0.3) is 0 Å². The Labute approximate surface area is 75.9 Å². The van der Waals surface area contributed by atoms with E-state index in [1.807, 2.05) is 0 Å². The van der Waals surface area contributed by atoms with Crippen molar-refractivity contribution in [3.05, 3.63) is 29.5 Å². The zero-order chi connectivity index (χ0) is 7.11. The fourth-order valence-electron chi connectivity index (χ4n) is 0.306. The molecule has 0 N–H and O–H groups in total. The average Bonchev–Trinajstić information content (AvgIpc) is 1.94. The molecule has 1 heterocycles. The van der Waals surface area contributed by atoms with Crippen molar-refractivity contribution in [1.82, 2.24) is 4.98 Å². The maximum absolute atomic E-state index is 5.45. The van der Waals surface area contributed by atoms with Gasteiger partial charge in [0.2, 0.25) is 0 Å². The first-order valence-corrected chi connectivity index (χ1v) is 9.45. The molecule has 0 fully saturated rings. The summed E-state index contributed by atoms with van der Waals surface area (Å²) in [7, 11) is 0. The van der Waals surface area contributed by atoms with Crippen LogP contribution in [0.25, 0.3) is 0 Å². The van der Waals surface area contributed by atoms with Gasteiger partial charge in [-0.3, -0.25) is 0 Å². The Balaban J connectivity index is 0.000000291. The molecule has 0 aliphatic rings. The SMILES string of the molecule is Clc1c[c-]cnc1.[Zn+][Br]. The van der Waals surface area contributed by atoms with E-state index < -0.39 is 0 Å². The molecule has 0 aromatic carbocycles. The van der Waals surface area contributed by atoms with Crippen LogP contribution in [0.4, 0.5) is 0 Å². The third kappa shape index (κ3) is 5.01. The first-order chi connectivity index (χ1) is 4.39. The van der Waals surface area contributed by atoms with E-state index in [1.165, 1.54) is 16.3 Å². The minimum atomic E-state index is 0.627. The summed E-state index contributed by atoms with van der Waals surface area (Å²) in [6.07, 6.45) is 3.13. The molecule has 0 amide bonds. The van der Waals surface area contributed by atoms with Crippen molar-refractivity contribution >= 4 is 25.2 Å². The summed E-state index contributed by atoms with van der Waals surface area (Å²) in [6, 6.07) is 4.38. The molecule has 0 saturated carbocycles. The number of pyridine rings is 1. The standard InChI is InChI=1S/C5H3ClN.BrH.Zn/c6-5-2-1-3-7-4-5;;/h2-4H;1H;/q-1;;+2/p-1. The van der Waals surface area contributed by atoms with Gasteiger partial charge in [0.1, 0.15) is 0 Å². The van der Waals surface area contributed by atoms with Crippen LogP contribution in [-0.2, 0) is 16.3 Å². The second kappa shape index (κ2) is 6.66. The molecule has 4 heteroatoms. The molecule has 44 valence electrons. The van der Waals surface area contributed by atoms with Crippen LogP contribution in [0.1, 0.15) is 0 Å². The van der Waals surface area contributed by atoms with Crippen molar-refractivity contribution in [2.45, 2.75) is 0 Å². The molecule has 0 spiro atoms. The number of rotatable bonds is 0. The number of nitrogens with zero attached hydrogens (tertiary/aromatic N) is 1. The van der Waals surface area contributed by atoms with Crippen molar-refractivity contribution < 1.29 is 16.3 Å². The topological polar surface area (TPSA) is 12.9 Å². The van der Waals surface area contributed by atoms with Gasteiger partial charge in [-0.2, -0.15) is 0 Å². The molecule has 0 radical (unpaired) electrons. The van der Waals surface area contributed by atoms with E-state index in [2.05, 4.69) is 24.7 Å². The van der Waals surface area contributed by atoms with Gasteiger partial charge in [0, 0.05) is 0 Å². The molecule has 1 rings (SSSR count). The van der Waals surface area contributed by atoms with Gasteiger partial charge in [-0.1, -0.05) is 11.2 Å². The molecule has 0 unspecified atom stereocenters. The summed E-state index contributed by atoms with van der Waals surface area (Å²) >= 11 is 9.70. The molecule has 0 aliphatic heterocycles. The number of hydrogen-bond acceptors (Lipinski definition) is 1. The average molecular weight is 258 g/mol. The van der Waals surface area contributed by atoms with Gasteiger partial charge in [-0.25, -0.2) is 23.7 Å². The quantitative estimate of drug-likeness (QED) is 0.514. The second-order valence-corrected chi connectivity index (χ2v) is 1.54. The Bertz CT molecular complexity index is 147. The zero-order valence-corrected chi connectivity index (χ0v) is 9.95. The summed E-state index contributed by atoms with van der Waals surface area (Å²) in [6.45, 7) is 0. The van der Waals surface area contributed by atoms with Crippen molar-refractivity contribution in [2.75, 3.05) is 0 Å². The van der Waals surface area contributed by atoms with Crippen LogP contribution in [0, 0.1) is 6.07 Å². The van der Waals surface area contributed by atoms with Crippen LogP contribution in [0.5, 0.6) is 0 Å². The summed E-state index contributed by atoms with van der Waals surface area (Å²) in [5.74, 6) is 0. The minimum absolute atomic E-state index is 0.627. The summed E-state index contributed by atoms with van der Waals surface area (Å²) in [5, 5.41) is 0.627. The molecule has 0 saturated heterocycles. The first-order valence-electron chi connectivity index (χ1n) is 2.13. The Morgan fingerprint density at radius 2 is 2.33 bits per heavy atom. The third-order valence-corrected chi connectivity index (χ3v) is 0.775. The van der Waals surface area contributed by atoms with E-state index in [9.17, 15) is 0 Å². The number of hydrogen-bond donors (Lipinski definition) is 0. The van der Waals surface area contributed by atoms with Crippen molar-refractivity contribution in [3.63, 3.8) is 0 Å². The van der Waals surface area contributed by atoms with Gasteiger partial charge in [-0.05, 0) is 6.20 Å². The Kier molecular flexibility index (Phi) is 7.06. The zero-order valence-electron chi connectivity index (χ0n) is 4.64. The second-order valence-electron chi connectivity index (χ2n) is 1.10. The molecule has 1 nitrogen and oxygen atoms in total. The summed E-state index contributed by atoms with van der Waals surface area (Å²) in [4.78, 5) is 3.70. The third-order valence-electron chi connectivity index (χ3n) is 0.568. The van der Waals surface area contributed by atoms with Gasteiger partial charge in [-0.15, -0.1) is 0 Å². The molecule has 0 bridgehead atoms. The summed E-state index contributed by atoms with van der Waals surface area (Å²) in [5.41, 5.74) is 0. The van der Waals surface area contributed by atoms with E-state index in [-0.39, 0.29) is 0 Å². The van der Waals surface area contributed by atoms with Crippen LogP contribution in [-0.4, -0.2) is 4.98 Å². The Hall–Kier alpha value is 0.543. The monoisotopic (exact) mass is 255 g/mol. The Morgan fingerprint density at radius 3 is 2.56 bits per heavy atom. The van der Waals surface area contributed by atoms with Gasteiger partial charge < -0.3 is 4.98 Å². The van der Waals surface area contributed by atoms with Gasteiger partial charge in [0.05, 0.1) is 0 Å². The summed E-state index contributed by atoms with van der Waals surface area (Å²) < 4.78 is 0. The van der Waals surface area contributed by atoms with Crippen LogP contribution < -0.4 is 0 Å². The predicted octanol–water partition coefficient (Wildman–Crippen LogP) is 2.38. The van der Waals surface area contributed by atoms with E-state index in [1.54, 1.807) is 18.5 Å². The van der Waals surface area contributed by atoms with Gasteiger partial charge in [0.15, 0.2) is 0 Å². The molecule has 0 atom stereocenters. The van der Waals surface area contributed by atoms with E-state index in [0.717, 1.165) is 0 Å². The fraction of sp³-hybridized carbons (Fsp3) is 0. The predicted molar refractivity (Wildman–Crippen MR) is 37.0 cm³/mol. The first kappa shape index (κ1) is 9.54. The van der Waals surface area contributed by atoms with Crippen molar-refractivity contribution in [3.8, 4) is 0 Å². The number of halogens is 2. The molecule has 0 aliphatic carbocycles. The van der Waals surface area contributed by atoms with Crippen LogP contribution in [0.15, 0.2) is 18.5 Å². The Morgan fingerprint density at radius 1 is 1.67 bits per heavy atom. The molecule has 1 aromatic rings. The van der Waals surface area contributed by atoms with Crippen molar-refractivity contribution in [2.24, 2.45) is 0 Å². The van der Waals surface area contributed by atoms with Crippen molar-refractivity contribution in [1.29, 1.82) is 0 Å². The molecule has 1 aromatic heterocycles. The van der Waals surface area contributed by atoms with E-state index in [0.29, 0.717) is 5.02 Å². The molecular formula is C5H3BrClNZn.